The first-order valence-electron chi connectivity index (χ1n) is 5.61. The molecule has 1 saturated carbocycles. The first-order chi connectivity index (χ1) is 6.99. The Morgan fingerprint density at radius 1 is 1.53 bits per heavy atom. The lowest BCUT2D eigenvalue weighted by atomic mass is 9.66. The molecule has 2 rings (SSSR count). The molecule has 15 heavy (non-hydrogen) atoms. The Morgan fingerprint density at radius 2 is 2.27 bits per heavy atom. The molecule has 1 fully saturated rings. The number of aryl methyl sites for hydroxylation is 1. The predicted octanol–water partition coefficient (Wildman–Crippen LogP) is 3.32. The molecule has 0 N–H and O–H groups in total. The molecule has 1 aromatic heterocycles. The van der Waals surface area contributed by atoms with Gasteiger partial charge in [0, 0.05) is 18.6 Å². The largest absolute Gasteiger partial charge is 0.276 e. The topological polar surface area (TPSA) is 17.8 Å². The molecule has 3 heteroatoms. The Balaban J connectivity index is 2.25. The zero-order valence-corrected chi connectivity index (χ0v) is 10.5. The number of aromatic nitrogens is 2. The van der Waals surface area contributed by atoms with E-state index in [1.165, 1.54) is 12.0 Å². The summed E-state index contributed by atoms with van der Waals surface area (Å²) in [4.78, 5) is 0. The van der Waals surface area contributed by atoms with Gasteiger partial charge in [0.05, 0.1) is 6.20 Å². The summed E-state index contributed by atoms with van der Waals surface area (Å²) in [5, 5.41) is 4.59. The van der Waals surface area contributed by atoms with Gasteiger partial charge in [-0.1, -0.05) is 13.8 Å². The summed E-state index contributed by atoms with van der Waals surface area (Å²) in [6, 6.07) is 0. The van der Waals surface area contributed by atoms with Gasteiger partial charge >= 0.3 is 0 Å². The maximum Gasteiger partial charge on any atom is 0.0524 e. The van der Waals surface area contributed by atoms with Gasteiger partial charge in [-0.3, -0.25) is 4.68 Å². The van der Waals surface area contributed by atoms with Crippen LogP contribution in [0.1, 0.15) is 44.6 Å². The standard InChI is InChI=1S/C12H19ClN2/c1-12(2)5-4-10(13)6-11(12)9-7-14-15(3)8-9/h7-8,10-11H,4-6H2,1-3H3. The monoisotopic (exact) mass is 226 g/mol. The van der Waals surface area contributed by atoms with Crippen LogP contribution in [0.5, 0.6) is 0 Å². The molecule has 0 spiro atoms. The van der Waals surface area contributed by atoms with E-state index in [-0.39, 0.29) is 0 Å². The Hall–Kier alpha value is -0.500. The number of alkyl halides is 1. The van der Waals surface area contributed by atoms with Crippen molar-refractivity contribution < 1.29 is 0 Å². The predicted molar refractivity (Wildman–Crippen MR) is 63.2 cm³/mol. The summed E-state index contributed by atoms with van der Waals surface area (Å²) in [5.41, 5.74) is 1.70. The highest BCUT2D eigenvalue weighted by Crippen LogP contribution is 2.47. The van der Waals surface area contributed by atoms with Crippen molar-refractivity contribution in [3.05, 3.63) is 18.0 Å². The van der Waals surface area contributed by atoms with Crippen LogP contribution in [0.4, 0.5) is 0 Å². The maximum absolute atomic E-state index is 6.27. The molecule has 1 aliphatic carbocycles. The van der Waals surface area contributed by atoms with Gasteiger partial charge in [0.25, 0.3) is 0 Å². The van der Waals surface area contributed by atoms with Gasteiger partial charge in [0.15, 0.2) is 0 Å². The minimum atomic E-state index is 0.336. The van der Waals surface area contributed by atoms with E-state index in [0.29, 0.717) is 16.7 Å². The van der Waals surface area contributed by atoms with Crippen molar-refractivity contribution in [3.63, 3.8) is 0 Å². The van der Waals surface area contributed by atoms with E-state index in [2.05, 4.69) is 25.1 Å². The number of rotatable bonds is 1. The van der Waals surface area contributed by atoms with Crippen molar-refractivity contribution in [1.82, 2.24) is 9.78 Å². The van der Waals surface area contributed by atoms with Crippen LogP contribution in [0.25, 0.3) is 0 Å². The molecule has 84 valence electrons. The second-order valence-corrected chi connectivity index (χ2v) is 5.98. The molecule has 2 atom stereocenters. The Bertz CT molecular complexity index is 343. The van der Waals surface area contributed by atoms with Gasteiger partial charge in [-0.05, 0) is 36.2 Å². The maximum atomic E-state index is 6.27. The number of hydrogen-bond acceptors (Lipinski definition) is 1. The summed E-state index contributed by atoms with van der Waals surface area (Å²) >= 11 is 6.27. The summed E-state index contributed by atoms with van der Waals surface area (Å²) in [6.45, 7) is 4.68. The lowest BCUT2D eigenvalue weighted by Crippen LogP contribution is -2.30. The SMILES string of the molecule is Cn1cc(C2CC(Cl)CCC2(C)C)cn1. The van der Waals surface area contributed by atoms with Gasteiger partial charge in [0.1, 0.15) is 0 Å². The van der Waals surface area contributed by atoms with Crippen LogP contribution in [0, 0.1) is 5.41 Å². The molecule has 2 nitrogen and oxygen atoms in total. The second kappa shape index (κ2) is 3.82. The van der Waals surface area contributed by atoms with Crippen LogP contribution in [0.2, 0.25) is 0 Å². The van der Waals surface area contributed by atoms with Crippen molar-refractivity contribution in [1.29, 1.82) is 0 Å². The molecule has 2 unspecified atom stereocenters. The van der Waals surface area contributed by atoms with Crippen LogP contribution in [-0.4, -0.2) is 15.2 Å². The van der Waals surface area contributed by atoms with Gasteiger partial charge in [-0.25, -0.2) is 0 Å². The third-order valence-electron chi connectivity index (χ3n) is 3.66. The summed E-state index contributed by atoms with van der Waals surface area (Å²) in [7, 11) is 1.97. The zero-order valence-electron chi connectivity index (χ0n) is 9.70. The molecule has 0 amide bonds. The van der Waals surface area contributed by atoms with E-state index >= 15 is 0 Å². The Labute approximate surface area is 96.6 Å². The van der Waals surface area contributed by atoms with E-state index in [1.54, 1.807) is 0 Å². The second-order valence-electron chi connectivity index (χ2n) is 5.36. The van der Waals surface area contributed by atoms with Crippen molar-refractivity contribution in [2.45, 2.75) is 44.4 Å². The van der Waals surface area contributed by atoms with E-state index in [9.17, 15) is 0 Å². The van der Waals surface area contributed by atoms with E-state index in [4.69, 9.17) is 11.6 Å². The molecule has 1 aliphatic rings. The van der Waals surface area contributed by atoms with Crippen LogP contribution >= 0.6 is 11.6 Å². The van der Waals surface area contributed by atoms with Crippen molar-refractivity contribution in [3.8, 4) is 0 Å². The number of hydrogen-bond donors (Lipinski definition) is 0. The van der Waals surface area contributed by atoms with Crippen LogP contribution in [-0.2, 0) is 7.05 Å². The third-order valence-corrected chi connectivity index (χ3v) is 4.06. The van der Waals surface area contributed by atoms with Crippen molar-refractivity contribution in [2.75, 3.05) is 0 Å². The van der Waals surface area contributed by atoms with Gasteiger partial charge < -0.3 is 0 Å². The highest BCUT2D eigenvalue weighted by Gasteiger charge is 2.37. The average Bonchev–Trinajstić information content (AvgIpc) is 2.56. The number of nitrogens with zero attached hydrogens (tertiary/aromatic N) is 2. The van der Waals surface area contributed by atoms with E-state index in [0.717, 1.165) is 12.8 Å². The summed E-state index contributed by atoms with van der Waals surface area (Å²) < 4.78 is 1.88. The fraction of sp³-hybridized carbons (Fsp3) is 0.750. The highest BCUT2D eigenvalue weighted by atomic mass is 35.5. The zero-order chi connectivity index (χ0) is 11.1. The van der Waals surface area contributed by atoms with Crippen LogP contribution < -0.4 is 0 Å². The molecule has 0 aromatic carbocycles. The fourth-order valence-electron chi connectivity index (χ4n) is 2.60. The molecule has 1 aromatic rings. The minimum Gasteiger partial charge on any atom is -0.276 e. The molecule has 0 saturated heterocycles. The lowest BCUT2D eigenvalue weighted by molar-refractivity contribution is 0.202. The van der Waals surface area contributed by atoms with Crippen LogP contribution in [0.3, 0.4) is 0 Å². The quantitative estimate of drug-likeness (QED) is 0.672. The molecular weight excluding hydrogens is 208 g/mol. The van der Waals surface area contributed by atoms with Crippen LogP contribution in [0.15, 0.2) is 12.4 Å². The molecule has 0 aliphatic heterocycles. The Morgan fingerprint density at radius 3 is 2.87 bits per heavy atom. The number of halogens is 1. The average molecular weight is 227 g/mol. The minimum absolute atomic E-state index is 0.336. The first-order valence-corrected chi connectivity index (χ1v) is 6.05. The Kier molecular flexibility index (Phi) is 2.80. The molecule has 1 heterocycles. The summed E-state index contributed by atoms with van der Waals surface area (Å²) in [6.07, 6.45) is 7.55. The normalized spacial score (nSPS) is 30.4. The van der Waals surface area contributed by atoms with E-state index < -0.39 is 0 Å². The van der Waals surface area contributed by atoms with Crippen molar-refractivity contribution in [2.24, 2.45) is 12.5 Å². The van der Waals surface area contributed by atoms with Gasteiger partial charge in [-0.2, -0.15) is 5.10 Å². The van der Waals surface area contributed by atoms with E-state index in [1.807, 2.05) is 17.9 Å². The first kappa shape index (κ1) is 11.0. The highest BCUT2D eigenvalue weighted by molar-refractivity contribution is 6.20. The lowest BCUT2D eigenvalue weighted by Gasteiger charge is -2.40. The smallest absolute Gasteiger partial charge is 0.0524 e. The van der Waals surface area contributed by atoms with Crippen molar-refractivity contribution >= 4 is 11.6 Å². The summed E-state index contributed by atoms with van der Waals surface area (Å²) in [5.74, 6) is 0.558. The molecule has 0 bridgehead atoms. The molecular formula is C12H19ClN2. The molecule has 0 radical (unpaired) electrons. The third kappa shape index (κ3) is 2.20. The van der Waals surface area contributed by atoms with Gasteiger partial charge in [0.2, 0.25) is 0 Å². The fourth-order valence-corrected chi connectivity index (χ4v) is 2.89. The van der Waals surface area contributed by atoms with Gasteiger partial charge in [-0.15, -0.1) is 11.6 Å².